The Morgan fingerprint density at radius 2 is 1.76 bits per heavy atom. The number of hydrogen-bond acceptors (Lipinski definition) is 15. The summed E-state index contributed by atoms with van der Waals surface area (Å²) in [6.45, 7) is 17.4. The molecule has 6 aromatic rings. The maximum atomic E-state index is 14.2. The second-order valence-corrected chi connectivity index (χ2v) is 24.0. The van der Waals surface area contributed by atoms with Gasteiger partial charge in [0.15, 0.2) is 0 Å². The molecule has 12 rings (SSSR count). The van der Waals surface area contributed by atoms with Gasteiger partial charge in [0.25, 0.3) is 0 Å². The Hall–Kier alpha value is -6.31. The van der Waals surface area contributed by atoms with Gasteiger partial charge in [0.2, 0.25) is 17.7 Å². The van der Waals surface area contributed by atoms with E-state index >= 15 is 0 Å². The molecule has 3 aromatic heterocycles. The summed E-state index contributed by atoms with van der Waals surface area (Å²) in [6.07, 6.45) is 8.38. The highest BCUT2D eigenvalue weighted by Gasteiger charge is 2.42. The minimum atomic E-state index is -0.845. The Morgan fingerprint density at radius 3 is 2.54 bits per heavy atom. The molecule has 3 amide bonds. The minimum Gasteiger partial charge on any atom is -0.508 e. The Labute approximate surface area is 460 Å². The number of nitrogens with one attached hydrogen (secondary N) is 3. The van der Waals surface area contributed by atoms with Crippen molar-refractivity contribution in [3.05, 3.63) is 88.7 Å². The number of aromatic hydroxyl groups is 1. The molecule has 8 heterocycles. The first kappa shape index (κ1) is 53.7. The normalized spacial score (nSPS) is 21.4. The van der Waals surface area contributed by atoms with Crippen LogP contribution in [-0.4, -0.2) is 149 Å². The van der Waals surface area contributed by atoms with Crippen LogP contribution >= 0.6 is 11.3 Å². The lowest BCUT2D eigenvalue weighted by molar-refractivity contribution is -0.144. The van der Waals surface area contributed by atoms with Gasteiger partial charge in [-0.1, -0.05) is 70.2 Å². The molecule has 78 heavy (non-hydrogen) atoms. The monoisotopic (exact) mass is 1080 g/mol. The first-order chi connectivity index (χ1) is 37.7. The molecule has 0 radical (unpaired) electrons. The number of aryl methyl sites for hydroxylation is 1. The second kappa shape index (κ2) is 22.8. The number of carbonyl (C=O) groups is 3. The molecular formula is C60H74N10O7S. The molecule has 4 N–H and O–H groups in total. The van der Waals surface area contributed by atoms with Crippen LogP contribution in [0.15, 0.2) is 66.3 Å². The number of aromatic nitrogens is 4. The van der Waals surface area contributed by atoms with E-state index in [0.29, 0.717) is 57.2 Å². The van der Waals surface area contributed by atoms with Gasteiger partial charge in [-0.2, -0.15) is 9.97 Å². The summed E-state index contributed by atoms with van der Waals surface area (Å²) in [5, 5.41) is 23.7. The van der Waals surface area contributed by atoms with Gasteiger partial charge >= 0.3 is 6.01 Å². The number of phenolic OH excluding ortho intramolecular Hbond substituents is 1. The fraction of sp³-hybridized carbons (Fsp3) is 0.517. The highest BCUT2D eigenvalue weighted by atomic mass is 32.1. The molecule has 2 bridgehead atoms. The number of piperidine rings is 1. The third-order valence-electron chi connectivity index (χ3n) is 16.8. The molecule has 3 aromatic carbocycles. The predicted octanol–water partition coefficient (Wildman–Crippen LogP) is 8.05. The summed E-state index contributed by atoms with van der Waals surface area (Å²) >= 11 is 1.60. The Kier molecular flexibility index (Phi) is 15.7. The van der Waals surface area contributed by atoms with E-state index in [-0.39, 0.29) is 48.8 Å². The second-order valence-electron chi connectivity index (χ2n) is 23.1. The van der Waals surface area contributed by atoms with E-state index in [2.05, 4.69) is 49.8 Å². The zero-order valence-corrected chi connectivity index (χ0v) is 46.7. The van der Waals surface area contributed by atoms with Crippen molar-refractivity contribution < 1.29 is 33.7 Å². The largest absolute Gasteiger partial charge is 0.508 e. The Morgan fingerprint density at radius 1 is 0.936 bits per heavy atom. The van der Waals surface area contributed by atoms with Gasteiger partial charge in [-0.05, 0) is 104 Å². The molecule has 6 atom stereocenters. The number of thiazole rings is 1. The standard InChI is InChI=1S/C60H74N10O7S/c1-35-45-13-7-10-40-28-43(71)29-46(51(40)45)52-50(35)53-47(31-62-52)56(70-32-41-11-8-12-42(70)30-61-41)67-59(66-53)77-25-24-68-22-19-44(20-23-68)76-27-26-75-33-49(72)65-55(60(4,5)6)58(74)69-21-9-14-48(69)57(73)64-36(2)38-15-17-39(18-16-38)54-37(3)63-34-78-54/h7,10,13,15-18,28-29,31,34-36,41-42,44,48,55,61,71H,8-9,11-12,14,19-27,30,32-33H2,1-6H3,(H,64,73)(H,65,72)/t35?,36-,41?,42?,48-,55+/m0/s1. The molecular weight excluding hydrogens is 1000 g/mol. The van der Waals surface area contributed by atoms with Crippen molar-refractivity contribution in [2.24, 2.45) is 5.41 Å². The van der Waals surface area contributed by atoms with Gasteiger partial charge < -0.3 is 45.1 Å². The van der Waals surface area contributed by atoms with Crippen LogP contribution < -0.4 is 25.6 Å². The van der Waals surface area contributed by atoms with Gasteiger partial charge in [-0.15, -0.1) is 11.3 Å². The summed E-state index contributed by atoms with van der Waals surface area (Å²) in [6, 6.07) is 17.4. The topological polar surface area (TPSA) is 197 Å². The number of rotatable bonds is 17. The fourth-order valence-corrected chi connectivity index (χ4v) is 13.3. The van der Waals surface area contributed by atoms with Crippen molar-refractivity contribution in [2.45, 2.75) is 129 Å². The maximum Gasteiger partial charge on any atom is 0.319 e. The summed E-state index contributed by atoms with van der Waals surface area (Å²) < 4.78 is 18.5. The van der Waals surface area contributed by atoms with Gasteiger partial charge in [0.1, 0.15) is 36.9 Å². The lowest BCUT2D eigenvalue weighted by Crippen LogP contribution is -2.58. The molecule has 17 nitrogen and oxygen atoms in total. The lowest BCUT2D eigenvalue weighted by atomic mass is 9.79. The van der Waals surface area contributed by atoms with E-state index < -0.39 is 23.4 Å². The number of benzene rings is 3. The van der Waals surface area contributed by atoms with Crippen molar-refractivity contribution in [2.75, 3.05) is 70.6 Å². The zero-order valence-electron chi connectivity index (χ0n) is 45.8. The summed E-state index contributed by atoms with van der Waals surface area (Å²) in [5.74, 6) is 0.238. The number of fused-ring (bicyclic) bond motifs is 8. The molecule has 412 valence electrons. The number of phenols is 1. The number of ether oxygens (including phenoxy) is 3. The highest BCUT2D eigenvalue weighted by Crippen LogP contribution is 2.49. The van der Waals surface area contributed by atoms with Gasteiger partial charge in [-0.3, -0.25) is 24.3 Å². The average molecular weight is 1080 g/mol. The van der Waals surface area contributed by atoms with Crippen LogP contribution in [0.25, 0.3) is 43.4 Å². The molecule has 5 saturated heterocycles. The predicted molar refractivity (Wildman–Crippen MR) is 303 cm³/mol. The van der Waals surface area contributed by atoms with Crippen LogP contribution in [-0.2, 0) is 23.9 Å². The molecule has 3 unspecified atom stereocenters. The first-order valence-corrected chi connectivity index (χ1v) is 29.0. The SMILES string of the molecule is Cc1ncsc1-c1ccc([C@H](C)NC(=O)[C@@H]2CCCN2C(=O)[C@@H](NC(=O)COCCOC2CCN(CCOc3nc(N4CC5CCCC4CN5)c4cnc5c(c4n3)C(C)c3cccc4cc(O)cc-5c34)CC2)C(C)(C)C)cc1. The van der Waals surface area contributed by atoms with Crippen LogP contribution in [0.4, 0.5) is 5.82 Å². The van der Waals surface area contributed by atoms with Crippen molar-refractivity contribution in [3.63, 3.8) is 0 Å². The molecule has 1 aliphatic carbocycles. The minimum absolute atomic E-state index is 0.00949. The summed E-state index contributed by atoms with van der Waals surface area (Å²) in [7, 11) is 0. The molecule has 0 saturated carbocycles. The number of anilines is 1. The highest BCUT2D eigenvalue weighted by molar-refractivity contribution is 7.13. The number of amides is 3. The lowest BCUT2D eigenvalue weighted by Gasteiger charge is -2.39. The number of pyridine rings is 1. The first-order valence-electron chi connectivity index (χ1n) is 28.1. The number of carbonyl (C=O) groups excluding carboxylic acids is 3. The van der Waals surface area contributed by atoms with Crippen molar-refractivity contribution in [3.8, 4) is 33.5 Å². The van der Waals surface area contributed by atoms with Gasteiger partial charge in [-0.25, -0.2) is 4.98 Å². The van der Waals surface area contributed by atoms with E-state index in [1.807, 2.05) is 88.8 Å². The van der Waals surface area contributed by atoms with Gasteiger partial charge in [0.05, 0.1) is 58.0 Å². The zero-order chi connectivity index (χ0) is 54.2. The molecule has 0 spiro atoms. The molecule has 5 aliphatic heterocycles. The third-order valence-corrected chi connectivity index (χ3v) is 17.7. The van der Waals surface area contributed by atoms with Crippen LogP contribution in [0.3, 0.4) is 0 Å². The average Bonchev–Trinajstić information content (AvgIpc) is 4.07. The number of nitrogens with zero attached hydrogens (tertiary/aromatic N) is 7. The Balaban J connectivity index is 0.648. The van der Waals surface area contributed by atoms with Crippen LogP contribution in [0.1, 0.15) is 114 Å². The Bertz CT molecular complexity index is 3170. The molecule has 18 heteroatoms. The van der Waals surface area contributed by atoms with Crippen molar-refractivity contribution in [1.82, 2.24) is 45.7 Å². The van der Waals surface area contributed by atoms with Crippen molar-refractivity contribution in [1.29, 1.82) is 0 Å². The number of piperazine rings is 1. The van der Waals surface area contributed by atoms with E-state index in [1.54, 1.807) is 16.2 Å². The van der Waals surface area contributed by atoms with E-state index in [4.69, 9.17) is 29.2 Å². The van der Waals surface area contributed by atoms with Crippen LogP contribution in [0.5, 0.6) is 11.8 Å². The van der Waals surface area contributed by atoms with Gasteiger partial charge in [0, 0.05) is 74.6 Å². The summed E-state index contributed by atoms with van der Waals surface area (Å²) in [4.78, 5) is 68.6. The van der Waals surface area contributed by atoms with Crippen molar-refractivity contribution >= 4 is 56.6 Å². The van der Waals surface area contributed by atoms with Crippen LogP contribution in [0.2, 0.25) is 0 Å². The number of likely N-dealkylation sites (tertiary alicyclic amines) is 2. The quantitative estimate of drug-likeness (QED) is 0.0641. The smallest absolute Gasteiger partial charge is 0.319 e. The maximum absolute atomic E-state index is 14.2. The molecule has 5 fully saturated rings. The van der Waals surface area contributed by atoms with Crippen LogP contribution in [0, 0.1) is 12.3 Å². The van der Waals surface area contributed by atoms with E-state index in [0.717, 1.165) is 118 Å². The fourth-order valence-electron chi connectivity index (χ4n) is 12.5. The van der Waals surface area contributed by atoms with E-state index in [1.165, 1.54) is 12.0 Å². The number of hydrogen-bond donors (Lipinski definition) is 4. The molecule has 6 aliphatic rings. The third kappa shape index (κ3) is 11.2. The van der Waals surface area contributed by atoms with E-state index in [9.17, 15) is 19.5 Å². The summed E-state index contributed by atoms with van der Waals surface area (Å²) in [5.41, 5.74) is 9.10.